The van der Waals surface area contributed by atoms with Crippen molar-refractivity contribution >= 4 is 23.8 Å². The molecule has 1 aromatic carbocycles. The van der Waals surface area contributed by atoms with Gasteiger partial charge in [0, 0.05) is 19.4 Å². The van der Waals surface area contributed by atoms with Gasteiger partial charge in [-0.1, -0.05) is 35.9 Å². The molecule has 2 atom stereocenters. The predicted octanol–water partition coefficient (Wildman–Crippen LogP) is 4.57. The van der Waals surface area contributed by atoms with Crippen LogP contribution in [-0.2, 0) is 23.9 Å². The maximum Gasteiger partial charge on any atom is 0.308 e. The fourth-order valence-corrected chi connectivity index (χ4v) is 3.16. The second-order valence-electron chi connectivity index (χ2n) is 7.39. The average Bonchev–Trinajstić information content (AvgIpc) is 2.70. The summed E-state index contributed by atoms with van der Waals surface area (Å²) >= 11 is 0. The van der Waals surface area contributed by atoms with Gasteiger partial charge in [0.05, 0.1) is 13.0 Å². The molecule has 0 heterocycles. The Morgan fingerprint density at radius 2 is 1.68 bits per heavy atom. The van der Waals surface area contributed by atoms with Crippen molar-refractivity contribution in [3.8, 4) is 5.75 Å². The number of ketones is 1. The first-order valence-corrected chi connectivity index (χ1v) is 9.97. The van der Waals surface area contributed by atoms with Gasteiger partial charge in [0.15, 0.2) is 5.78 Å². The molecule has 0 aromatic heterocycles. The molecule has 1 aliphatic carbocycles. The number of hydrogen-bond acceptors (Lipinski definition) is 6. The number of rotatable bonds is 8. The third-order valence-corrected chi connectivity index (χ3v) is 4.59. The van der Waals surface area contributed by atoms with Gasteiger partial charge < -0.3 is 14.2 Å². The highest BCUT2D eigenvalue weighted by Gasteiger charge is 2.34. The lowest BCUT2D eigenvalue weighted by Gasteiger charge is -2.29. The Hall–Kier alpha value is -3.41. The van der Waals surface area contributed by atoms with Gasteiger partial charge in [-0.3, -0.25) is 14.4 Å². The molecular formula is C25H28O6. The zero-order valence-corrected chi connectivity index (χ0v) is 18.5. The highest BCUT2D eigenvalue weighted by Crippen LogP contribution is 2.31. The van der Waals surface area contributed by atoms with E-state index in [0.29, 0.717) is 17.9 Å². The number of ether oxygens (including phenoxy) is 3. The summed E-state index contributed by atoms with van der Waals surface area (Å²) in [6.07, 6.45) is 8.36. The van der Waals surface area contributed by atoms with E-state index in [1.165, 1.54) is 19.9 Å². The van der Waals surface area contributed by atoms with E-state index in [1.807, 2.05) is 19.9 Å². The van der Waals surface area contributed by atoms with Crippen molar-refractivity contribution in [2.45, 2.75) is 40.2 Å². The van der Waals surface area contributed by atoms with Crippen LogP contribution in [-0.4, -0.2) is 30.9 Å². The topological polar surface area (TPSA) is 78.9 Å². The fourth-order valence-electron chi connectivity index (χ4n) is 3.16. The van der Waals surface area contributed by atoms with E-state index in [1.54, 1.807) is 49.6 Å². The largest absolute Gasteiger partial charge is 0.497 e. The normalized spacial score (nSPS) is 18.0. The van der Waals surface area contributed by atoms with Crippen LogP contribution in [0.3, 0.4) is 0 Å². The number of carbonyl (C=O) groups excluding carboxylic acids is 3. The van der Waals surface area contributed by atoms with E-state index < -0.39 is 24.0 Å². The number of benzene rings is 1. The van der Waals surface area contributed by atoms with Gasteiger partial charge >= 0.3 is 11.9 Å². The molecule has 2 rings (SSSR count). The maximum atomic E-state index is 13.0. The molecule has 6 nitrogen and oxygen atoms in total. The van der Waals surface area contributed by atoms with Crippen LogP contribution in [0.5, 0.6) is 5.75 Å². The van der Waals surface area contributed by atoms with Gasteiger partial charge in [-0.05, 0) is 50.1 Å². The van der Waals surface area contributed by atoms with Gasteiger partial charge in [0.2, 0.25) is 0 Å². The summed E-state index contributed by atoms with van der Waals surface area (Å²) in [5, 5.41) is 0. The van der Waals surface area contributed by atoms with E-state index in [4.69, 9.17) is 14.2 Å². The lowest BCUT2D eigenvalue weighted by Crippen LogP contribution is -2.34. The zero-order chi connectivity index (χ0) is 23.0. The summed E-state index contributed by atoms with van der Waals surface area (Å²) in [6, 6.07) is 6.79. The molecule has 0 radical (unpaired) electrons. The van der Waals surface area contributed by atoms with Crippen molar-refractivity contribution in [1.29, 1.82) is 0 Å². The summed E-state index contributed by atoms with van der Waals surface area (Å²) in [5.41, 5.74) is 2.63. The zero-order valence-electron chi connectivity index (χ0n) is 18.5. The number of methoxy groups -OCH3 is 1. The van der Waals surface area contributed by atoms with Crippen LogP contribution in [0, 0.1) is 5.92 Å². The highest BCUT2D eigenvalue weighted by molar-refractivity contribution is 5.97. The average molecular weight is 424 g/mol. The van der Waals surface area contributed by atoms with Gasteiger partial charge in [-0.25, -0.2) is 0 Å². The number of hydrogen-bond donors (Lipinski definition) is 0. The van der Waals surface area contributed by atoms with Crippen molar-refractivity contribution in [1.82, 2.24) is 0 Å². The molecule has 0 spiro atoms. The smallest absolute Gasteiger partial charge is 0.308 e. The molecular weight excluding hydrogens is 396 g/mol. The van der Waals surface area contributed by atoms with Crippen molar-refractivity contribution in [2.75, 3.05) is 7.11 Å². The van der Waals surface area contributed by atoms with Crippen molar-refractivity contribution in [3.05, 3.63) is 71.0 Å². The highest BCUT2D eigenvalue weighted by atomic mass is 16.5. The number of allylic oxidation sites excluding steroid dienone is 4. The summed E-state index contributed by atoms with van der Waals surface area (Å²) in [7, 11) is 1.55. The van der Waals surface area contributed by atoms with Gasteiger partial charge in [-0.2, -0.15) is 0 Å². The summed E-state index contributed by atoms with van der Waals surface area (Å²) < 4.78 is 16.0. The van der Waals surface area contributed by atoms with Crippen molar-refractivity contribution in [2.24, 2.45) is 5.92 Å². The van der Waals surface area contributed by atoms with Gasteiger partial charge in [0.1, 0.15) is 17.6 Å². The first-order valence-electron chi connectivity index (χ1n) is 9.97. The molecule has 31 heavy (non-hydrogen) atoms. The first kappa shape index (κ1) is 23.9. The first-order chi connectivity index (χ1) is 14.7. The van der Waals surface area contributed by atoms with E-state index in [9.17, 15) is 14.4 Å². The molecule has 0 amide bonds. The molecule has 6 heteroatoms. The summed E-state index contributed by atoms with van der Waals surface area (Å²) in [4.78, 5) is 35.7. The predicted molar refractivity (Wildman–Crippen MR) is 118 cm³/mol. The molecule has 0 N–H and O–H groups in total. The summed E-state index contributed by atoms with van der Waals surface area (Å²) in [6.45, 7) is 6.61. The minimum atomic E-state index is -0.739. The molecule has 0 saturated heterocycles. The molecule has 0 bridgehead atoms. The van der Waals surface area contributed by atoms with Gasteiger partial charge in [-0.15, -0.1) is 0 Å². The maximum absolute atomic E-state index is 13.0. The Labute approximate surface area is 182 Å². The van der Waals surface area contributed by atoms with Crippen molar-refractivity contribution < 1.29 is 28.6 Å². The minimum Gasteiger partial charge on any atom is -0.497 e. The Morgan fingerprint density at radius 1 is 1.00 bits per heavy atom. The van der Waals surface area contributed by atoms with Crippen LogP contribution in [0.15, 0.2) is 65.5 Å². The molecule has 0 aliphatic heterocycles. The SMILES string of the molecule is COC1=C(CC=C(C)C)C(OC(C)=O)C(C(=O)C=Cc2ccc(OC(C)=O)cc2)C=C1. The second-order valence-corrected chi connectivity index (χ2v) is 7.39. The lowest BCUT2D eigenvalue weighted by molar-refractivity contribution is -0.147. The monoisotopic (exact) mass is 424 g/mol. The summed E-state index contributed by atoms with van der Waals surface area (Å²) in [5.74, 6) is -0.684. The third kappa shape index (κ3) is 7.10. The van der Waals surface area contributed by atoms with Crippen LogP contribution in [0.4, 0.5) is 0 Å². The minimum absolute atomic E-state index is 0.198. The lowest BCUT2D eigenvalue weighted by atomic mass is 9.84. The molecule has 1 aromatic rings. The molecule has 0 saturated carbocycles. The Morgan fingerprint density at radius 3 is 2.23 bits per heavy atom. The fraction of sp³-hybridized carbons (Fsp3) is 0.320. The molecule has 0 fully saturated rings. The molecule has 2 unspecified atom stereocenters. The van der Waals surface area contributed by atoms with E-state index in [0.717, 1.165) is 16.7 Å². The number of carbonyl (C=O) groups is 3. The van der Waals surface area contributed by atoms with Crippen molar-refractivity contribution in [3.63, 3.8) is 0 Å². The quantitative estimate of drug-likeness (QED) is 0.263. The van der Waals surface area contributed by atoms with E-state index in [2.05, 4.69) is 0 Å². The van der Waals surface area contributed by atoms with E-state index in [-0.39, 0.29) is 5.78 Å². The van der Waals surface area contributed by atoms with Crippen LogP contribution < -0.4 is 4.74 Å². The Balaban J connectivity index is 2.25. The van der Waals surface area contributed by atoms with Crippen LogP contribution in [0.2, 0.25) is 0 Å². The molecule has 164 valence electrons. The van der Waals surface area contributed by atoms with Gasteiger partial charge in [0.25, 0.3) is 0 Å². The standard InChI is InChI=1S/C25H28O6/c1-16(2)6-12-22-24(29-5)15-13-21(25(22)31-18(4)27)23(28)14-9-19-7-10-20(11-8-19)30-17(3)26/h6-11,13-15,21,25H,12H2,1-5H3. The Bertz CT molecular complexity index is 943. The second kappa shape index (κ2) is 11.1. The third-order valence-electron chi connectivity index (χ3n) is 4.59. The number of esters is 2. The van der Waals surface area contributed by atoms with Crippen LogP contribution in [0.1, 0.15) is 39.7 Å². The van der Waals surface area contributed by atoms with Crippen LogP contribution in [0.25, 0.3) is 6.08 Å². The Kier molecular flexibility index (Phi) is 8.55. The molecule has 1 aliphatic rings. The van der Waals surface area contributed by atoms with E-state index >= 15 is 0 Å². The van der Waals surface area contributed by atoms with Crippen LogP contribution >= 0.6 is 0 Å².